The van der Waals surface area contributed by atoms with E-state index in [0.717, 1.165) is 39.4 Å². The highest BCUT2D eigenvalue weighted by Crippen LogP contribution is 2.52. The second-order valence-electron chi connectivity index (χ2n) is 14.9. The van der Waals surface area contributed by atoms with E-state index >= 15 is 0 Å². The quantitative estimate of drug-likeness (QED) is 0.180. The summed E-state index contributed by atoms with van der Waals surface area (Å²) in [5, 5.41) is 4.88. The molecule has 4 nitrogen and oxygen atoms in total. The van der Waals surface area contributed by atoms with Gasteiger partial charge in [0.2, 0.25) is 5.89 Å². The maximum Gasteiger partial charge on any atom is 0.227 e. The van der Waals surface area contributed by atoms with E-state index in [-0.39, 0.29) is 5.41 Å². The zero-order valence-electron chi connectivity index (χ0n) is 30.0. The number of para-hydroxylation sites is 3. The first-order chi connectivity index (χ1) is 26.5. The van der Waals surface area contributed by atoms with Crippen LogP contribution in [-0.4, -0.2) is 9.55 Å². The Bertz CT molecular complexity index is 3070. The maximum absolute atomic E-state index is 6.33. The molecule has 0 radical (unpaired) electrons. The SMILES string of the molecule is CC1(C)c2cc3cc(N(c4ccccc4)c4ccc5c(c4)c4ccccc4n5-c4ccccc4)ccc3cc2-c2cc3oc(-c4ccccc4)nc3cc21. The molecule has 0 spiro atoms. The molecule has 54 heavy (non-hydrogen) atoms. The number of hydrogen-bond donors (Lipinski definition) is 0. The summed E-state index contributed by atoms with van der Waals surface area (Å²) in [4.78, 5) is 7.29. The van der Waals surface area contributed by atoms with E-state index in [1.807, 2.05) is 30.3 Å². The van der Waals surface area contributed by atoms with Crippen molar-refractivity contribution in [1.29, 1.82) is 0 Å². The van der Waals surface area contributed by atoms with Crippen molar-refractivity contribution in [3.8, 4) is 28.3 Å². The van der Waals surface area contributed by atoms with E-state index in [1.165, 1.54) is 54.8 Å². The summed E-state index contributed by atoms with van der Waals surface area (Å²) in [5.74, 6) is 0.655. The fourth-order valence-electron chi connectivity index (χ4n) is 8.71. The molecule has 0 saturated carbocycles. The summed E-state index contributed by atoms with van der Waals surface area (Å²) >= 11 is 0. The Morgan fingerprint density at radius 3 is 1.98 bits per heavy atom. The first-order valence-electron chi connectivity index (χ1n) is 18.5. The Labute approximate surface area is 313 Å². The number of anilines is 3. The zero-order valence-corrected chi connectivity index (χ0v) is 30.0. The molecule has 1 aliphatic carbocycles. The minimum atomic E-state index is -0.202. The van der Waals surface area contributed by atoms with E-state index in [2.05, 4.69) is 169 Å². The topological polar surface area (TPSA) is 34.2 Å². The molecule has 2 aromatic heterocycles. The van der Waals surface area contributed by atoms with Gasteiger partial charge in [-0.15, -0.1) is 0 Å². The highest BCUT2D eigenvalue weighted by Gasteiger charge is 2.37. The lowest BCUT2D eigenvalue weighted by Gasteiger charge is -2.26. The lowest BCUT2D eigenvalue weighted by atomic mass is 9.82. The van der Waals surface area contributed by atoms with Crippen molar-refractivity contribution in [3.05, 3.63) is 187 Å². The lowest BCUT2D eigenvalue weighted by molar-refractivity contribution is 0.619. The molecule has 0 amide bonds. The summed E-state index contributed by atoms with van der Waals surface area (Å²) in [6, 6.07) is 63.1. The number of hydrogen-bond acceptors (Lipinski definition) is 3. The van der Waals surface area contributed by atoms with E-state index in [4.69, 9.17) is 9.40 Å². The summed E-state index contributed by atoms with van der Waals surface area (Å²) in [7, 11) is 0. The van der Waals surface area contributed by atoms with Crippen molar-refractivity contribution in [1.82, 2.24) is 9.55 Å². The Balaban J connectivity index is 1.05. The van der Waals surface area contributed by atoms with Crippen LogP contribution in [0, 0.1) is 0 Å². The third-order valence-electron chi connectivity index (χ3n) is 11.3. The summed E-state index contributed by atoms with van der Waals surface area (Å²) in [6.45, 7) is 4.66. The molecule has 10 aromatic rings. The van der Waals surface area contributed by atoms with Gasteiger partial charge in [0.1, 0.15) is 5.52 Å². The number of rotatable bonds is 5. The van der Waals surface area contributed by atoms with E-state index in [0.29, 0.717) is 5.89 Å². The van der Waals surface area contributed by atoms with Gasteiger partial charge in [-0.05, 0) is 130 Å². The van der Waals surface area contributed by atoms with Crippen molar-refractivity contribution >= 4 is 60.7 Å². The van der Waals surface area contributed by atoms with Crippen LogP contribution in [0.3, 0.4) is 0 Å². The van der Waals surface area contributed by atoms with Crippen molar-refractivity contribution in [3.63, 3.8) is 0 Å². The van der Waals surface area contributed by atoms with Crippen LogP contribution in [0.5, 0.6) is 0 Å². The van der Waals surface area contributed by atoms with Crippen molar-refractivity contribution in [2.24, 2.45) is 0 Å². The molecule has 0 fully saturated rings. The number of fused-ring (bicyclic) bond motifs is 8. The Kier molecular flexibility index (Phi) is 6.56. The molecule has 4 heteroatoms. The minimum Gasteiger partial charge on any atom is -0.436 e. The highest BCUT2D eigenvalue weighted by molar-refractivity contribution is 6.11. The second-order valence-corrected chi connectivity index (χ2v) is 14.9. The minimum absolute atomic E-state index is 0.202. The molecule has 0 atom stereocenters. The van der Waals surface area contributed by atoms with Crippen LogP contribution in [-0.2, 0) is 5.41 Å². The fourth-order valence-corrected chi connectivity index (χ4v) is 8.71. The van der Waals surface area contributed by atoms with Gasteiger partial charge < -0.3 is 13.9 Å². The molecule has 0 aliphatic heterocycles. The molecular weight excluding hydrogens is 659 g/mol. The summed E-state index contributed by atoms with van der Waals surface area (Å²) in [5.41, 5.74) is 14.5. The van der Waals surface area contributed by atoms with Crippen LogP contribution < -0.4 is 4.90 Å². The average molecular weight is 694 g/mol. The molecule has 0 saturated heterocycles. The van der Waals surface area contributed by atoms with Gasteiger partial charge in [-0.2, -0.15) is 0 Å². The lowest BCUT2D eigenvalue weighted by Crippen LogP contribution is -2.15. The van der Waals surface area contributed by atoms with Gasteiger partial charge in [-0.25, -0.2) is 4.98 Å². The monoisotopic (exact) mass is 693 g/mol. The second kappa shape index (κ2) is 11.5. The van der Waals surface area contributed by atoms with Crippen LogP contribution >= 0.6 is 0 Å². The molecule has 0 unspecified atom stereocenters. The van der Waals surface area contributed by atoms with Gasteiger partial charge in [0.25, 0.3) is 0 Å². The van der Waals surface area contributed by atoms with E-state index < -0.39 is 0 Å². The largest absolute Gasteiger partial charge is 0.436 e. The highest BCUT2D eigenvalue weighted by atomic mass is 16.3. The Hall–Kier alpha value is -6.91. The van der Waals surface area contributed by atoms with Gasteiger partial charge >= 0.3 is 0 Å². The third kappa shape index (κ3) is 4.60. The first kappa shape index (κ1) is 30.7. The third-order valence-corrected chi connectivity index (χ3v) is 11.3. The van der Waals surface area contributed by atoms with Gasteiger partial charge in [0.05, 0.1) is 11.0 Å². The Morgan fingerprint density at radius 1 is 0.519 bits per heavy atom. The smallest absolute Gasteiger partial charge is 0.227 e. The number of aromatic nitrogens is 2. The Morgan fingerprint density at radius 2 is 1.17 bits per heavy atom. The summed E-state index contributed by atoms with van der Waals surface area (Å²) < 4.78 is 8.70. The van der Waals surface area contributed by atoms with Crippen molar-refractivity contribution in [2.75, 3.05) is 4.90 Å². The van der Waals surface area contributed by atoms with E-state index in [9.17, 15) is 0 Å². The number of nitrogens with zero attached hydrogens (tertiary/aromatic N) is 3. The molecule has 0 N–H and O–H groups in total. The van der Waals surface area contributed by atoms with E-state index in [1.54, 1.807) is 0 Å². The first-order valence-corrected chi connectivity index (χ1v) is 18.5. The van der Waals surface area contributed by atoms with Crippen LogP contribution in [0.25, 0.3) is 71.9 Å². The van der Waals surface area contributed by atoms with Gasteiger partial charge in [0.15, 0.2) is 5.58 Å². The normalized spacial score (nSPS) is 13.1. The molecule has 1 aliphatic rings. The fraction of sp³-hybridized carbons (Fsp3) is 0.0600. The van der Waals surface area contributed by atoms with Crippen molar-refractivity contribution in [2.45, 2.75) is 19.3 Å². The molecule has 11 rings (SSSR count). The average Bonchev–Trinajstić information content (AvgIpc) is 3.85. The van der Waals surface area contributed by atoms with Gasteiger partial charge in [0, 0.05) is 44.5 Å². The predicted molar refractivity (Wildman–Crippen MR) is 224 cm³/mol. The van der Waals surface area contributed by atoms with Crippen molar-refractivity contribution < 1.29 is 4.42 Å². The van der Waals surface area contributed by atoms with Crippen LogP contribution in [0.15, 0.2) is 180 Å². The van der Waals surface area contributed by atoms with Gasteiger partial charge in [-0.3, -0.25) is 0 Å². The number of oxazole rings is 1. The van der Waals surface area contributed by atoms with Crippen LogP contribution in [0.2, 0.25) is 0 Å². The molecule has 2 heterocycles. The zero-order chi connectivity index (χ0) is 36.0. The number of benzene rings is 8. The molecule has 256 valence electrons. The predicted octanol–water partition coefficient (Wildman–Crippen LogP) is 13.5. The van der Waals surface area contributed by atoms with Gasteiger partial charge in [-0.1, -0.05) is 92.7 Å². The molecule has 8 aromatic carbocycles. The summed E-state index contributed by atoms with van der Waals surface area (Å²) in [6.07, 6.45) is 0. The standard InChI is InChI=1S/C50H35N3O/c1-50(2)43-28-34-26-37(23-22-33(34)27-40(43)41-30-48-45(31-44(41)50)51-49(54-48)32-14-6-3-7-15-32)52(35-16-8-4-9-17-35)38-24-25-47-42(29-38)39-20-12-13-21-46(39)53(47)36-18-10-5-11-19-36/h3-31H,1-2H3. The van der Waals surface area contributed by atoms with Crippen LogP contribution in [0.4, 0.5) is 17.1 Å². The van der Waals surface area contributed by atoms with Crippen LogP contribution in [0.1, 0.15) is 25.0 Å². The molecular formula is C50H35N3O. The molecule has 0 bridgehead atoms. The maximum atomic E-state index is 6.33.